The molecule has 0 atom stereocenters. The third-order valence-corrected chi connectivity index (χ3v) is 3.93. The van der Waals surface area contributed by atoms with Crippen LogP contribution in [0.1, 0.15) is 60.8 Å². The number of ketones is 1. The molecule has 0 aliphatic heterocycles. The van der Waals surface area contributed by atoms with Crippen molar-refractivity contribution in [2.24, 2.45) is 0 Å². The minimum Gasteiger partial charge on any atom is -0.352 e. The molecule has 132 valence electrons. The van der Waals surface area contributed by atoms with E-state index in [0.29, 0.717) is 12.1 Å². The van der Waals surface area contributed by atoms with Crippen molar-refractivity contribution in [1.82, 2.24) is 15.3 Å². The number of aromatic nitrogens is 2. The maximum absolute atomic E-state index is 12.1. The Morgan fingerprint density at radius 3 is 2.40 bits per heavy atom. The molecule has 2 rings (SSSR count). The second-order valence-electron chi connectivity index (χ2n) is 7.21. The summed E-state index contributed by atoms with van der Waals surface area (Å²) < 4.78 is 0. The number of aryl methyl sites for hydroxylation is 1. The zero-order valence-electron chi connectivity index (χ0n) is 15.3. The first-order chi connectivity index (χ1) is 11.8. The third kappa shape index (κ3) is 5.48. The predicted molar refractivity (Wildman–Crippen MR) is 97.3 cm³/mol. The Labute approximate surface area is 148 Å². The number of amides is 1. The number of carbonyl (C=O) groups excluding carboxylic acids is 2. The van der Waals surface area contributed by atoms with Crippen molar-refractivity contribution in [3.63, 3.8) is 0 Å². The topological polar surface area (TPSA) is 72.0 Å². The molecule has 0 fully saturated rings. The highest BCUT2D eigenvalue weighted by Gasteiger charge is 2.20. The van der Waals surface area contributed by atoms with Gasteiger partial charge in [-0.05, 0) is 6.92 Å². The zero-order chi connectivity index (χ0) is 18.4. The molecule has 1 aromatic heterocycles. The molecule has 1 N–H and O–H groups in total. The SMILES string of the molecule is Cc1ccc(C(=O)CCC(=O)NCc2cncnc2C(C)(C)C)cc1. The maximum atomic E-state index is 12.1. The van der Waals surface area contributed by atoms with E-state index >= 15 is 0 Å². The standard InChI is InChI=1S/C20H25N3O2/c1-14-5-7-15(8-6-14)17(24)9-10-18(25)22-12-16-11-21-13-23-19(16)20(2,3)4/h5-8,11,13H,9-10,12H2,1-4H3,(H,22,25). The van der Waals surface area contributed by atoms with Gasteiger partial charge in [0.25, 0.3) is 0 Å². The lowest BCUT2D eigenvalue weighted by Crippen LogP contribution is -2.26. The number of hydrogen-bond acceptors (Lipinski definition) is 4. The average Bonchev–Trinajstić information content (AvgIpc) is 2.58. The summed E-state index contributed by atoms with van der Waals surface area (Å²) in [5.74, 6) is -0.169. The van der Waals surface area contributed by atoms with Gasteiger partial charge in [-0.25, -0.2) is 9.97 Å². The normalized spacial score (nSPS) is 11.2. The molecule has 1 amide bonds. The van der Waals surface area contributed by atoms with Crippen LogP contribution in [0, 0.1) is 6.92 Å². The van der Waals surface area contributed by atoms with Crippen molar-refractivity contribution in [2.45, 2.75) is 52.5 Å². The minimum absolute atomic E-state index is 0.0198. The fourth-order valence-electron chi connectivity index (χ4n) is 2.56. The van der Waals surface area contributed by atoms with Gasteiger partial charge in [-0.15, -0.1) is 0 Å². The lowest BCUT2D eigenvalue weighted by molar-refractivity contribution is -0.121. The van der Waals surface area contributed by atoms with Crippen LogP contribution in [0.25, 0.3) is 0 Å². The monoisotopic (exact) mass is 339 g/mol. The van der Waals surface area contributed by atoms with E-state index < -0.39 is 0 Å². The van der Waals surface area contributed by atoms with Gasteiger partial charge in [0.2, 0.25) is 5.91 Å². The van der Waals surface area contributed by atoms with Gasteiger partial charge >= 0.3 is 0 Å². The highest BCUT2D eigenvalue weighted by molar-refractivity contribution is 5.97. The highest BCUT2D eigenvalue weighted by atomic mass is 16.2. The van der Waals surface area contributed by atoms with Crippen LogP contribution in [0.4, 0.5) is 0 Å². The molecule has 0 unspecified atom stereocenters. The van der Waals surface area contributed by atoms with Crippen molar-refractivity contribution >= 4 is 11.7 Å². The van der Waals surface area contributed by atoms with E-state index in [2.05, 4.69) is 36.1 Å². The molecule has 5 heteroatoms. The van der Waals surface area contributed by atoms with E-state index in [0.717, 1.165) is 16.8 Å². The first-order valence-corrected chi connectivity index (χ1v) is 8.43. The first-order valence-electron chi connectivity index (χ1n) is 8.43. The molecule has 0 aliphatic carbocycles. The smallest absolute Gasteiger partial charge is 0.220 e. The van der Waals surface area contributed by atoms with E-state index in [1.165, 1.54) is 6.33 Å². The van der Waals surface area contributed by atoms with Gasteiger partial charge < -0.3 is 5.32 Å². The van der Waals surface area contributed by atoms with Crippen LogP contribution in [-0.4, -0.2) is 21.7 Å². The summed E-state index contributed by atoms with van der Waals surface area (Å²) in [6.07, 6.45) is 3.62. The van der Waals surface area contributed by atoms with Crippen molar-refractivity contribution in [3.05, 3.63) is 59.2 Å². The van der Waals surface area contributed by atoms with Crippen molar-refractivity contribution < 1.29 is 9.59 Å². The summed E-state index contributed by atoms with van der Waals surface area (Å²) in [4.78, 5) is 32.6. The van der Waals surface area contributed by atoms with Crippen LogP contribution >= 0.6 is 0 Å². The Bertz CT molecular complexity index is 746. The Balaban J connectivity index is 1.87. The summed E-state index contributed by atoms with van der Waals surface area (Å²) in [6, 6.07) is 7.40. The molecule has 0 saturated carbocycles. The van der Waals surface area contributed by atoms with E-state index in [4.69, 9.17) is 0 Å². The summed E-state index contributed by atoms with van der Waals surface area (Å²) >= 11 is 0. The quantitative estimate of drug-likeness (QED) is 0.819. The average molecular weight is 339 g/mol. The molecule has 0 radical (unpaired) electrons. The first kappa shape index (κ1) is 18.8. The summed E-state index contributed by atoms with van der Waals surface area (Å²) in [6.45, 7) is 8.55. The number of hydrogen-bond donors (Lipinski definition) is 1. The lowest BCUT2D eigenvalue weighted by atomic mass is 9.89. The fraction of sp³-hybridized carbons (Fsp3) is 0.400. The lowest BCUT2D eigenvalue weighted by Gasteiger charge is -2.21. The summed E-state index contributed by atoms with van der Waals surface area (Å²) in [7, 11) is 0. The molecule has 0 bridgehead atoms. The maximum Gasteiger partial charge on any atom is 0.220 e. The van der Waals surface area contributed by atoms with Crippen LogP contribution in [-0.2, 0) is 16.8 Å². The minimum atomic E-state index is -0.149. The Morgan fingerprint density at radius 2 is 1.76 bits per heavy atom. The summed E-state index contributed by atoms with van der Waals surface area (Å²) in [5.41, 5.74) is 3.44. The number of benzene rings is 1. The fourth-order valence-corrected chi connectivity index (χ4v) is 2.56. The number of Topliss-reactive ketones (excluding diaryl/α,β-unsaturated/α-hetero) is 1. The number of nitrogens with one attached hydrogen (secondary N) is 1. The van der Waals surface area contributed by atoms with E-state index in [-0.39, 0.29) is 29.9 Å². The van der Waals surface area contributed by atoms with E-state index in [1.807, 2.05) is 19.1 Å². The van der Waals surface area contributed by atoms with Gasteiger partial charge in [0.1, 0.15) is 6.33 Å². The van der Waals surface area contributed by atoms with Crippen molar-refractivity contribution in [3.8, 4) is 0 Å². The van der Waals surface area contributed by atoms with Crippen LogP contribution in [0.2, 0.25) is 0 Å². The van der Waals surface area contributed by atoms with Gasteiger partial charge in [-0.1, -0.05) is 50.6 Å². The van der Waals surface area contributed by atoms with Gasteiger partial charge in [-0.3, -0.25) is 9.59 Å². The van der Waals surface area contributed by atoms with Gasteiger partial charge in [-0.2, -0.15) is 0 Å². The van der Waals surface area contributed by atoms with Crippen LogP contribution in [0.5, 0.6) is 0 Å². The molecule has 0 aliphatic rings. The molecule has 1 heterocycles. The predicted octanol–water partition coefficient (Wildman–Crippen LogP) is 3.36. The van der Waals surface area contributed by atoms with Gasteiger partial charge in [0, 0.05) is 42.1 Å². The highest BCUT2D eigenvalue weighted by Crippen LogP contribution is 2.22. The Morgan fingerprint density at radius 1 is 1.08 bits per heavy atom. The molecule has 0 spiro atoms. The van der Waals surface area contributed by atoms with Gasteiger partial charge in [0.05, 0.1) is 5.69 Å². The zero-order valence-corrected chi connectivity index (χ0v) is 15.3. The molecule has 1 aromatic carbocycles. The molecular weight excluding hydrogens is 314 g/mol. The van der Waals surface area contributed by atoms with E-state index in [9.17, 15) is 9.59 Å². The Kier molecular flexibility index (Phi) is 6.02. The van der Waals surface area contributed by atoms with Crippen LogP contribution in [0.15, 0.2) is 36.8 Å². The summed E-state index contributed by atoms with van der Waals surface area (Å²) in [5, 5.41) is 2.86. The van der Waals surface area contributed by atoms with E-state index in [1.54, 1.807) is 18.3 Å². The number of rotatable bonds is 6. The Hall–Kier alpha value is -2.56. The number of carbonyl (C=O) groups is 2. The molecule has 25 heavy (non-hydrogen) atoms. The largest absolute Gasteiger partial charge is 0.352 e. The van der Waals surface area contributed by atoms with Crippen molar-refractivity contribution in [2.75, 3.05) is 0 Å². The molecule has 0 saturated heterocycles. The molecule has 2 aromatic rings. The van der Waals surface area contributed by atoms with Crippen LogP contribution in [0.3, 0.4) is 0 Å². The third-order valence-electron chi connectivity index (χ3n) is 3.93. The second kappa shape index (κ2) is 8.01. The molecule has 5 nitrogen and oxygen atoms in total. The second-order valence-corrected chi connectivity index (χ2v) is 7.21. The molecular formula is C20H25N3O2. The van der Waals surface area contributed by atoms with Gasteiger partial charge in [0.15, 0.2) is 5.78 Å². The number of nitrogens with zero attached hydrogens (tertiary/aromatic N) is 2. The van der Waals surface area contributed by atoms with Crippen LogP contribution < -0.4 is 5.32 Å². The van der Waals surface area contributed by atoms with Crippen molar-refractivity contribution in [1.29, 1.82) is 0 Å².